The number of ether oxygens (including phenoxy) is 6. The van der Waals surface area contributed by atoms with Crippen molar-refractivity contribution in [1.29, 1.82) is 0 Å². The van der Waals surface area contributed by atoms with E-state index in [4.69, 9.17) is 28.4 Å². The van der Waals surface area contributed by atoms with Crippen LogP contribution in [0.25, 0.3) is 0 Å². The Morgan fingerprint density at radius 2 is 1.82 bits per heavy atom. The fourth-order valence-electron chi connectivity index (χ4n) is 6.12. The van der Waals surface area contributed by atoms with Crippen LogP contribution in [0, 0.1) is 11.8 Å². The molecule has 4 heterocycles. The van der Waals surface area contributed by atoms with Crippen molar-refractivity contribution >= 4 is 16.1 Å². The number of amides is 1. The Kier molecular flexibility index (Phi) is 11.2. The normalized spacial score (nSPS) is 21.3. The van der Waals surface area contributed by atoms with Crippen molar-refractivity contribution in [3.05, 3.63) is 78.1 Å². The molecule has 0 radical (unpaired) electrons. The quantitative estimate of drug-likeness (QED) is 0.254. The number of benzene rings is 2. The maximum absolute atomic E-state index is 14.0. The van der Waals surface area contributed by atoms with Gasteiger partial charge in [0, 0.05) is 25.4 Å². The van der Waals surface area contributed by atoms with E-state index in [-0.39, 0.29) is 42.8 Å². The number of sulfonamides is 1. The van der Waals surface area contributed by atoms with Crippen LogP contribution in [0.15, 0.2) is 71.8 Å². The molecule has 3 aromatic rings. The number of hydrogen-bond donors (Lipinski definition) is 2. The maximum Gasteiger partial charge on any atom is 0.407 e. The van der Waals surface area contributed by atoms with Crippen LogP contribution in [0.2, 0.25) is 0 Å². The molecule has 0 saturated carbocycles. The lowest BCUT2D eigenvalue weighted by Gasteiger charge is -2.31. The lowest BCUT2D eigenvalue weighted by atomic mass is 10.0. The van der Waals surface area contributed by atoms with Crippen molar-refractivity contribution in [2.24, 2.45) is 11.8 Å². The molecule has 2 aromatic carbocycles. The van der Waals surface area contributed by atoms with Crippen molar-refractivity contribution in [3.63, 3.8) is 0 Å². The second kappa shape index (κ2) is 15.7. The maximum atomic E-state index is 14.0. The number of fused-ring (bicyclic) bond motifs is 2. The minimum atomic E-state index is -4.08. The molecule has 1 amide bonds. The van der Waals surface area contributed by atoms with Crippen molar-refractivity contribution in [2.45, 2.75) is 62.7 Å². The highest BCUT2D eigenvalue weighted by Gasteiger charge is 2.44. The molecule has 0 bridgehead atoms. The third-order valence-corrected chi connectivity index (χ3v) is 10.4. The Balaban J connectivity index is 1.18. The highest BCUT2D eigenvalue weighted by Crippen LogP contribution is 2.34. The summed E-state index contributed by atoms with van der Waals surface area (Å²) in [5, 5.41) is 14.5. The van der Waals surface area contributed by atoms with Crippen molar-refractivity contribution in [1.82, 2.24) is 14.6 Å². The molecular formula is C35H43N3O10S. The fourth-order valence-corrected chi connectivity index (χ4v) is 7.75. The number of alkyl carbamates (subject to hydrolysis) is 1. The molecule has 14 heteroatoms. The molecule has 0 aliphatic carbocycles. The number of hydrogen-bond acceptors (Lipinski definition) is 11. The summed E-state index contributed by atoms with van der Waals surface area (Å²) in [6, 6.07) is 16.5. The molecular weight excluding hydrogens is 654 g/mol. The van der Waals surface area contributed by atoms with Gasteiger partial charge in [0.05, 0.1) is 41.9 Å². The van der Waals surface area contributed by atoms with Crippen LogP contribution in [-0.2, 0) is 37.3 Å². The average Bonchev–Trinajstić information content (AvgIpc) is 3.72. The van der Waals surface area contributed by atoms with E-state index in [9.17, 15) is 18.3 Å². The summed E-state index contributed by atoms with van der Waals surface area (Å²) >= 11 is 0. The van der Waals surface area contributed by atoms with Crippen LogP contribution < -0.4 is 19.5 Å². The first-order valence-corrected chi connectivity index (χ1v) is 18.0. The van der Waals surface area contributed by atoms with E-state index in [1.807, 2.05) is 44.2 Å². The average molecular weight is 698 g/mol. The molecule has 2 N–H and O–H groups in total. The number of carbonyl (C=O) groups is 1. The Bertz CT molecular complexity index is 1660. The monoisotopic (exact) mass is 697 g/mol. The van der Waals surface area contributed by atoms with E-state index in [2.05, 4.69) is 10.3 Å². The van der Waals surface area contributed by atoms with Gasteiger partial charge in [-0.15, -0.1) is 0 Å². The predicted octanol–water partition coefficient (Wildman–Crippen LogP) is 3.54. The van der Waals surface area contributed by atoms with Gasteiger partial charge in [-0.25, -0.2) is 13.2 Å². The lowest BCUT2D eigenvalue weighted by molar-refractivity contribution is -0.0907. The Morgan fingerprint density at radius 1 is 1.02 bits per heavy atom. The number of rotatable bonds is 14. The second-order valence-electron chi connectivity index (χ2n) is 12.8. The van der Waals surface area contributed by atoms with Crippen LogP contribution in [-0.4, -0.2) is 93.0 Å². The van der Waals surface area contributed by atoms with Gasteiger partial charge in [-0.3, -0.25) is 4.98 Å². The molecule has 3 aliphatic rings. The zero-order valence-corrected chi connectivity index (χ0v) is 28.4. The van der Waals surface area contributed by atoms with Gasteiger partial charge in [0.2, 0.25) is 10.0 Å². The van der Waals surface area contributed by atoms with Crippen molar-refractivity contribution in [2.75, 3.05) is 39.5 Å². The minimum Gasteiger partial charge on any atom is -0.487 e. The van der Waals surface area contributed by atoms with Crippen molar-refractivity contribution in [3.8, 4) is 17.2 Å². The molecule has 264 valence electrons. The predicted molar refractivity (Wildman–Crippen MR) is 177 cm³/mol. The number of nitrogens with zero attached hydrogens (tertiary/aromatic N) is 2. The van der Waals surface area contributed by atoms with Gasteiger partial charge in [0.1, 0.15) is 31.7 Å². The Morgan fingerprint density at radius 3 is 2.57 bits per heavy atom. The van der Waals surface area contributed by atoms with Gasteiger partial charge >= 0.3 is 6.09 Å². The number of aliphatic hydroxyl groups excluding tert-OH is 1. The smallest absolute Gasteiger partial charge is 0.407 e. The molecule has 1 aromatic heterocycles. The summed E-state index contributed by atoms with van der Waals surface area (Å²) in [5.41, 5.74) is 1.57. The number of aromatic nitrogens is 1. The molecule has 3 aliphatic heterocycles. The van der Waals surface area contributed by atoms with Crippen LogP contribution in [0.5, 0.6) is 17.2 Å². The molecule has 49 heavy (non-hydrogen) atoms. The van der Waals surface area contributed by atoms with Gasteiger partial charge in [-0.2, -0.15) is 4.31 Å². The zero-order valence-electron chi connectivity index (χ0n) is 27.6. The fraction of sp³-hybridized carbons (Fsp3) is 0.486. The zero-order chi connectivity index (χ0) is 34.4. The Hall–Kier alpha value is -3.95. The summed E-state index contributed by atoms with van der Waals surface area (Å²) in [6.45, 7) is 5.38. The van der Waals surface area contributed by atoms with Crippen LogP contribution in [0.4, 0.5) is 4.79 Å². The highest BCUT2D eigenvalue weighted by atomic mass is 32.2. The largest absolute Gasteiger partial charge is 0.487 e. The van der Waals surface area contributed by atoms with Crippen molar-refractivity contribution < 1.29 is 46.7 Å². The lowest BCUT2D eigenvalue weighted by Crippen LogP contribution is -2.51. The van der Waals surface area contributed by atoms with E-state index in [1.54, 1.807) is 24.4 Å². The summed E-state index contributed by atoms with van der Waals surface area (Å²) < 4.78 is 63.2. The molecule has 5 atom stereocenters. The summed E-state index contributed by atoms with van der Waals surface area (Å²) in [4.78, 5) is 17.5. The van der Waals surface area contributed by atoms with E-state index in [0.717, 1.165) is 11.3 Å². The summed E-state index contributed by atoms with van der Waals surface area (Å²) in [5.74, 6) is 1.32. The highest BCUT2D eigenvalue weighted by molar-refractivity contribution is 7.89. The third-order valence-electron chi connectivity index (χ3n) is 8.61. The molecule has 2 fully saturated rings. The standard InChI is InChI=1S/C35H43N3O10S/c1-23(2)19-38(49(41,42)27-10-11-31-32(18-27)44-16-15-43-31)20-30(39)29(37-35(40)48-33-22-47-34-28(33)12-14-45-34)17-24-6-8-26(9-7-24)46-21-25-5-3-4-13-36-25/h3-11,13,18,23,28-30,33-34,39H,12,14-17,19-22H2,1-2H3,(H,37,40)/t28-,29-,30+,33-,34+/m0/s1. The second-order valence-corrected chi connectivity index (χ2v) is 14.7. The van der Waals surface area contributed by atoms with Gasteiger partial charge in [0.15, 0.2) is 17.8 Å². The SMILES string of the molecule is CC(C)CN(C[C@@H](O)[C@H](Cc1ccc(OCc2ccccn2)cc1)NC(=O)O[C@H]1CO[C@H]2OCC[C@H]21)S(=O)(=O)c1ccc2c(c1)OCCO2. The first kappa shape index (κ1) is 34.9. The molecule has 0 unspecified atom stereocenters. The minimum absolute atomic E-state index is 0.0179. The van der Waals surface area contributed by atoms with Gasteiger partial charge in [0.25, 0.3) is 0 Å². The van der Waals surface area contributed by atoms with Crippen LogP contribution in [0.3, 0.4) is 0 Å². The van der Waals surface area contributed by atoms with Crippen LogP contribution in [0.1, 0.15) is 31.5 Å². The number of aliphatic hydroxyl groups is 1. The molecule has 0 spiro atoms. The molecule has 2 saturated heterocycles. The number of nitrogens with one attached hydrogen (secondary N) is 1. The van der Waals surface area contributed by atoms with E-state index in [1.165, 1.54) is 16.4 Å². The summed E-state index contributed by atoms with van der Waals surface area (Å²) in [7, 11) is -4.08. The van der Waals surface area contributed by atoms with E-state index in [0.29, 0.717) is 50.1 Å². The van der Waals surface area contributed by atoms with E-state index < -0.39 is 40.7 Å². The van der Waals surface area contributed by atoms with Gasteiger partial charge in [-0.05, 0) is 60.7 Å². The van der Waals surface area contributed by atoms with Crippen LogP contribution >= 0.6 is 0 Å². The van der Waals surface area contributed by atoms with Gasteiger partial charge < -0.3 is 38.8 Å². The van der Waals surface area contributed by atoms with E-state index >= 15 is 0 Å². The summed E-state index contributed by atoms with van der Waals surface area (Å²) in [6.07, 6.45) is -0.319. The first-order valence-electron chi connectivity index (χ1n) is 16.6. The Labute approximate surface area is 286 Å². The molecule has 13 nitrogen and oxygen atoms in total. The first-order chi connectivity index (χ1) is 23.7. The number of carbonyl (C=O) groups excluding carboxylic acids is 1. The topological polar surface area (TPSA) is 155 Å². The van der Waals surface area contributed by atoms with Gasteiger partial charge in [-0.1, -0.05) is 32.0 Å². The number of pyridine rings is 1. The molecule has 6 rings (SSSR count). The third kappa shape index (κ3) is 8.81.